The standard InChI is InChI=1S/C69H64Cl2N2O14/c1-38(31-58(76)40(3)64-42(5)72(56-27-25-52(82-7)36-54(56)64)66(78)46-15-19-48(70)20-16-46)68(80)86-60-29-13-44(33-62(60)84-9)11-23-50(74)35-51(75)24-12-45-14-30-61(63(34-45)85-10)87-69(81)39(2)32-59(77)41(4)65-43(6)73(57-28-26-53(83-8)37-55(57)65)67(79)47-17-21-49(71)22-18-47/h11-30,33-34,36-41H,31-32,35H2,1-10H3/b23-11+,24-12+/t38-,39-,40?,41?/m1/s1. The molecule has 2 aromatic heterocycles. The number of benzene rings is 6. The molecular weight excluding hydrogens is 1150 g/mol. The number of ketones is 4. The van der Waals surface area contributed by atoms with Gasteiger partial charge in [-0.1, -0.05) is 75.2 Å². The molecule has 0 spiro atoms. The summed E-state index contributed by atoms with van der Waals surface area (Å²) in [5.74, 6) is -5.03. The number of fused-ring (bicyclic) bond motifs is 2. The van der Waals surface area contributed by atoms with E-state index in [9.17, 15) is 38.4 Å². The zero-order valence-corrected chi connectivity index (χ0v) is 51.2. The Balaban J connectivity index is 0.839. The Labute approximate surface area is 513 Å². The zero-order chi connectivity index (χ0) is 63.0. The number of allylic oxidation sites excluding steroid dienone is 2. The quantitative estimate of drug-likeness (QED) is 0.0239. The average Bonchev–Trinajstić information content (AvgIpc) is 1.66. The summed E-state index contributed by atoms with van der Waals surface area (Å²) in [6.07, 6.45) is 4.68. The van der Waals surface area contributed by atoms with Gasteiger partial charge in [0, 0.05) is 68.0 Å². The normalized spacial score (nSPS) is 12.8. The lowest BCUT2D eigenvalue weighted by molar-refractivity contribution is -0.141. The summed E-state index contributed by atoms with van der Waals surface area (Å²) < 4.78 is 36.6. The van der Waals surface area contributed by atoms with E-state index in [4.69, 9.17) is 51.6 Å². The van der Waals surface area contributed by atoms with Crippen LogP contribution in [-0.4, -0.2) is 84.5 Å². The smallest absolute Gasteiger partial charge is 0.314 e. The number of Topliss-reactive ketones (excluding diaryl/α,β-unsaturated/α-hetero) is 2. The summed E-state index contributed by atoms with van der Waals surface area (Å²) in [4.78, 5) is 109. The molecule has 448 valence electrons. The maximum Gasteiger partial charge on any atom is 0.314 e. The van der Waals surface area contributed by atoms with Crippen LogP contribution >= 0.6 is 23.2 Å². The summed E-state index contributed by atoms with van der Waals surface area (Å²) in [6, 6.07) is 33.0. The van der Waals surface area contributed by atoms with Gasteiger partial charge in [-0.15, -0.1) is 0 Å². The molecule has 0 aliphatic rings. The minimum atomic E-state index is -0.874. The second kappa shape index (κ2) is 27.8. The summed E-state index contributed by atoms with van der Waals surface area (Å²) in [6.45, 7) is 10.2. The number of ether oxygens (including phenoxy) is 6. The van der Waals surface area contributed by atoms with Crippen molar-refractivity contribution in [1.29, 1.82) is 0 Å². The van der Waals surface area contributed by atoms with Gasteiger partial charge >= 0.3 is 11.9 Å². The number of carbonyl (C=O) groups is 8. The minimum absolute atomic E-state index is 0.0850. The van der Waals surface area contributed by atoms with Crippen molar-refractivity contribution in [2.45, 2.75) is 72.6 Å². The van der Waals surface area contributed by atoms with Crippen LogP contribution in [0, 0.1) is 25.7 Å². The number of rotatable bonds is 24. The number of methoxy groups -OCH3 is 4. The van der Waals surface area contributed by atoms with Gasteiger partial charge in [-0.2, -0.15) is 0 Å². The van der Waals surface area contributed by atoms with Crippen LogP contribution < -0.4 is 28.4 Å². The van der Waals surface area contributed by atoms with Crippen molar-refractivity contribution in [2.75, 3.05) is 28.4 Å². The fraction of sp³-hybridized carbons (Fsp3) is 0.246. The van der Waals surface area contributed by atoms with Crippen molar-refractivity contribution in [3.63, 3.8) is 0 Å². The van der Waals surface area contributed by atoms with E-state index >= 15 is 0 Å². The van der Waals surface area contributed by atoms with Crippen molar-refractivity contribution in [1.82, 2.24) is 9.13 Å². The fourth-order valence-electron chi connectivity index (χ4n) is 10.4. The predicted molar refractivity (Wildman–Crippen MR) is 333 cm³/mol. The van der Waals surface area contributed by atoms with Gasteiger partial charge in [-0.05, 0) is 157 Å². The SMILES string of the molecule is COc1ccc2c(c1)c(C(C)C(=O)C[C@@H](C)C(=O)Oc1ccc(/C=C/C(=O)CC(=O)/C=C/c3ccc(OC(=O)[C@H](C)CC(=O)C(C)c4c(C)n(C(=O)c5ccc(Cl)cc5)c5ccc(OC)cc45)c(OC)c3)cc1OC)c(C)n2C(=O)c1ccc(Cl)cc1. The van der Waals surface area contributed by atoms with Crippen molar-refractivity contribution >= 4 is 104 Å². The highest BCUT2D eigenvalue weighted by Gasteiger charge is 2.32. The summed E-state index contributed by atoms with van der Waals surface area (Å²) in [7, 11) is 5.83. The van der Waals surface area contributed by atoms with Crippen LogP contribution in [0.1, 0.15) is 113 Å². The Morgan fingerprint density at radius 2 is 0.828 bits per heavy atom. The van der Waals surface area contributed by atoms with Crippen molar-refractivity contribution < 1.29 is 66.8 Å². The third kappa shape index (κ3) is 14.3. The molecule has 0 saturated carbocycles. The number of halogens is 2. The average molecular weight is 1220 g/mol. The molecule has 6 aromatic carbocycles. The molecule has 0 aliphatic carbocycles. The Bertz CT molecular complexity index is 3820. The third-order valence-electron chi connectivity index (χ3n) is 15.2. The molecule has 0 saturated heterocycles. The number of hydrogen-bond acceptors (Lipinski definition) is 14. The number of esters is 2. The summed E-state index contributed by atoms with van der Waals surface area (Å²) in [5, 5.41) is 2.30. The molecule has 0 bridgehead atoms. The first-order valence-corrected chi connectivity index (χ1v) is 28.6. The van der Waals surface area contributed by atoms with Gasteiger partial charge in [0.1, 0.15) is 23.1 Å². The Morgan fingerprint density at radius 1 is 0.460 bits per heavy atom. The van der Waals surface area contributed by atoms with Crippen molar-refractivity contribution in [2.24, 2.45) is 11.8 Å². The van der Waals surface area contributed by atoms with Gasteiger partial charge in [-0.25, -0.2) is 0 Å². The molecule has 0 amide bonds. The molecule has 4 atom stereocenters. The molecular formula is C69H64Cl2N2O14. The highest BCUT2D eigenvalue weighted by molar-refractivity contribution is 6.31. The van der Waals surface area contributed by atoms with Crippen LogP contribution in [0.2, 0.25) is 10.0 Å². The van der Waals surface area contributed by atoms with E-state index in [1.54, 1.807) is 160 Å². The minimum Gasteiger partial charge on any atom is -0.497 e. The maximum absolute atomic E-state index is 14.0. The second-order valence-electron chi connectivity index (χ2n) is 21.1. The van der Waals surface area contributed by atoms with Gasteiger partial charge in [0.25, 0.3) is 11.8 Å². The van der Waals surface area contributed by atoms with Crippen LogP contribution in [0.4, 0.5) is 0 Å². The van der Waals surface area contributed by atoms with E-state index in [2.05, 4.69) is 0 Å². The lowest BCUT2D eigenvalue weighted by atomic mass is 9.89. The lowest BCUT2D eigenvalue weighted by Crippen LogP contribution is -2.23. The van der Waals surface area contributed by atoms with Gasteiger partial charge < -0.3 is 28.4 Å². The van der Waals surface area contributed by atoms with E-state index in [0.717, 1.165) is 0 Å². The lowest BCUT2D eigenvalue weighted by Gasteiger charge is -2.16. The second-order valence-corrected chi connectivity index (χ2v) is 22.0. The monoisotopic (exact) mass is 1210 g/mol. The first-order chi connectivity index (χ1) is 41.5. The Morgan fingerprint density at radius 3 is 1.17 bits per heavy atom. The molecule has 0 N–H and O–H groups in total. The van der Waals surface area contributed by atoms with E-state index in [1.807, 2.05) is 0 Å². The zero-order valence-electron chi connectivity index (χ0n) is 49.7. The van der Waals surface area contributed by atoms with Gasteiger partial charge in [0.2, 0.25) is 0 Å². The van der Waals surface area contributed by atoms with Crippen molar-refractivity contribution in [3.8, 4) is 34.5 Å². The van der Waals surface area contributed by atoms with Crippen LogP contribution in [0.3, 0.4) is 0 Å². The molecule has 8 aromatic rings. The topological polar surface area (TPSA) is 202 Å². The molecule has 0 fully saturated rings. The van der Waals surface area contributed by atoms with E-state index in [0.29, 0.717) is 88.1 Å². The molecule has 16 nitrogen and oxygen atoms in total. The molecule has 18 heteroatoms. The molecule has 2 heterocycles. The number of carbonyl (C=O) groups excluding carboxylic acids is 8. The molecule has 0 aliphatic heterocycles. The molecule has 0 radical (unpaired) electrons. The fourth-order valence-corrected chi connectivity index (χ4v) is 10.7. The van der Waals surface area contributed by atoms with Gasteiger partial charge in [-0.3, -0.25) is 47.5 Å². The Kier molecular flexibility index (Phi) is 20.3. The van der Waals surface area contributed by atoms with Crippen LogP contribution in [-0.2, 0) is 28.8 Å². The third-order valence-corrected chi connectivity index (χ3v) is 15.7. The maximum atomic E-state index is 14.0. The number of aromatic nitrogens is 2. The molecule has 87 heavy (non-hydrogen) atoms. The summed E-state index contributed by atoms with van der Waals surface area (Å²) in [5.41, 5.74) is 5.40. The van der Waals surface area contributed by atoms with Crippen LogP contribution in [0.5, 0.6) is 34.5 Å². The highest BCUT2D eigenvalue weighted by atomic mass is 35.5. The van der Waals surface area contributed by atoms with Gasteiger partial charge in [0.15, 0.2) is 34.6 Å². The van der Waals surface area contributed by atoms with Crippen LogP contribution in [0.25, 0.3) is 34.0 Å². The van der Waals surface area contributed by atoms with Gasteiger partial charge in [0.05, 0.1) is 57.7 Å². The van der Waals surface area contributed by atoms with E-state index in [-0.39, 0.29) is 59.2 Å². The van der Waals surface area contributed by atoms with E-state index in [1.165, 1.54) is 64.9 Å². The predicted octanol–water partition coefficient (Wildman–Crippen LogP) is 13.8. The largest absolute Gasteiger partial charge is 0.497 e. The first kappa shape index (κ1) is 63.6. The Hall–Kier alpha value is -9.38. The number of nitrogens with zero attached hydrogens (tertiary/aromatic N) is 2. The number of hydrogen-bond donors (Lipinski definition) is 0. The van der Waals surface area contributed by atoms with E-state index < -0.39 is 53.6 Å². The molecule has 8 rings (SSSR count). The highest BCUT2D eigenvalue weighted by Crippen LogP contribution is 2.39. The summed E-state index contributed by atoms with van der Waals surface area (Å²) >= 11 is 12.2. The van der Waals surface area contributed by atoms with Crippen molar-refractivity contribution in [3.05, 3.63) is 188 Å². The van der Waals surface area contributed by atoms with Crippen LogP contribution in [0.15, 0.2) is 133 Å². The molecule has 2 unspecified atom stereocenters. The first-order valence-electron chi connectivity index (χ1n) is 27.8.